The predicted molar refractivity (Wildman–Crippen MR) is 126 cm³/mol. The number of carboxylic acid groups (broad SMARTS) is 1. The maximum absolute atomic E-state index is 11.8. The van der Waals surface area contributed by atoms with Gasteiger partial charge >= 0.3 is 5.97 Å². The highest BCUT2D eigenvalue weighted by Crippen LogP contribution is 2.28. The van der Waals surface area contributed by atoms with Gasteiger partial charge in [-0.15, -0.1) is 0 Å². The molecule has 7 nitrogen and oxygen atoms in total. The zero-order chi connectivity index (χ0) is 22.9. The molecule has 0 unspecified atom stereocenters. The van der Waals surface area contributed by atoms with Gasteiger partial charge in [0.15, 0.2) is 0 Å². The molecule has 0 aliphatic carbocycles. The largest absolute Gasteiger partial charge is 0.487 e. The standard InChI is InChI=1S/C24H25BrN4O3/c1-24(2,23(30)31)13-22-26-20-9-8-19(32-15-18-10-11-28(3)27-18)12-21(20)29(22)14-16-4-6-17(25)7-5-16/h4-12H,13-15H2,1-3H3,(H,30,31). The summed E-state index contributed by atoms with van der Waals surface area (Å²) in [6.07, 6.45) is 2.20. The molecular weight excluding hydrogens is 472 g/mol. The van der Waals surface area contributed by atoms with E-state index in [9.17, 15) is 9.90 Å². The van der Waals surface area contributed by atoms with Gasteiger partial charge in [0.2, 0.25) is 0 Å². The Balaban J connectivity index is 1.70. The van der Waals surface area contributed by atoms with Crippen molar-refractivity contribution in [2.75, 3.05) is 0 Å². The van der Waals surface area contributed by atoms with Crippen molar-refractivity contribution in [3.05, 3.63) is 76.3 Å². The van der Waals surface area contributed by atoms with Gasteiger partial charge in [0.25, 0.3) is 0 Å². The number of carboxylic acids is 1. The van der Waals surface area contributed by atoms with Crippen molar-refractivity contribution in [1.29, 1.82) is 0 Å². The molecule has 32 heavy (non-hydrogen) atoms. The molecule has 0 spiro atoms. The maximum atomic E-state index is 11.8. The van der Waals surface area contributed by atoms with Crippen molar-refractivity contribution < 1.29 is 14.6 Å². The minimum absolute atomic E-state index is 0.317. The van der Waals surface area contributed by atoms with E-state index in [-0.39, 0.29) is 0 Å². The number of hydrogen-bond acceptors (Lipinski definition) is 4. The zero-order valence-electron chi connectivity index (χ0n) is 18.2. The molecule has 0 atom stereocenters. The topological polar surface area (TPSA) is 82.2 Å². The summed E-state index contributed by atoms with van der Waals surface area (Å²) in [5, 5.41) is 14.0. The molecule has 1 N–H and O–H groups in total. The third-order valence-corrected chi connectivity index (χ3v) is 5.92. The number of ether oxygens (including phenoxy) is 1. The predicted octanol–water partition coefficient (Wildman–Crippen LogP) is 4.81. The molecule has 0 saturated carbocycles. The summed E-state index contributed by atoms with van der Waals surface area (Å²) in [5.41, 5.74) is 2.73. The maximum Gasteiger partial charge on any atom is 0.309 e. The Labute approximate surface area is 194 Å². The van der Waals surface area contributed by atoms with Gasteiger partial charge in [-0.2, -0.15) is 5.10 Å². The minimum atomic E-state index is -0.933. The second-order valence-electron chi connectivity index (χ2n) is 8.53. The first-order valence-corrected chi connectivity index (χ1v) is 11.1. The molecular formula is C24H25BrN4O3. The fraction of sp³-hybridized carbons (Fsp3) is 0.292. The van der Waals surface area contributed by atoms with Gasteiger partial charge in [-0.05, 0) is 49.7 Å². The van der Waals surface area contributed by atoms with Crippen LogP contribution in [0.1, 0.15) is 30.9 Å². The molecule has 2 aromatic carbocycles. The van der Waals surface area contributed by atoms with E-state index in [4.69, 9.17) is 9.72 Å². The summed E-state index contributed by atoms with van der Waals surface area (Å²) in [7, 11) is 1.87. The average Bonchev–Trinajstić information content (AvgIpc) is 3.30. The summed E-state index contributed by atoms with van der Waals surface area (Å²) < 4.78 is 10.8. The molecule has 0 radical (unpaired) electrons. The van der Waals surface area contributed by atoms with Gasteiger partial charge in [-0.25, -0.2) is 4.98 Å². The summed E-state index contributed by atoms with van der Waals surface area (Å²) in [4.78, 5) is 16.5. The van der Waals surface area contributed by atoms with Crippen molar-refractivity contribution in [3.63, 3.8) is 0 Å². The quantitative estimate of drug-likeness (QED) is 0.378. The number of aryl methyl sites for hydroxylation is 1. The fourth-order valence-corrected chi connectivity index (χ4v) is 3.76. The molecule has 0 aliphatic heterocycles. The van der Waals surface area contributed by atoms with E-state index in [1.807, 2.05) is 61.8 Å². The second-order valence-corrected chi connectivity index (χ2v) is 9.44. The van der Waals surface area contributed by atoms with E-state index in [0.717, 1.165) is 32.6 Å². The Hall–Kier alpha value is -3.13. The Morgan fingerprint density at radius 3 is 2.56 bits per heavy atom. The van der Waals surface area contributed by atoms with Crippen LogP contribution in [0.15, 0.2) is 59.2 Å². The molecule has 4 aromatic rings. The van der Waals surface area contributed by atoms with Gasteiger partial charge in [0, 0.05) is 36.7 Å². The monoisotopic (exact) mass is 496 g/mol. The lowest BCUT2D eigenvalue weighted by Gasteiger charge is -2.19. The first-order valence-electron chi connectivity index (χ1n) is 10.3. The van der Waals surface area contributed by atoms with Crippen molar-refractivity contribution in [2.45, 2.75) is 33.4 Å². The summed E-state index contributed by atoms with van der Waals surface area (Å²) in [5.74, 6) is 0.598. The molecule has 0 saturated heterocycles. The second kappa shape index (κ2) is 8.78. The molecule has 8 heteroatoms. The van der Waals surface area contributed by atoms with Crippen LogP contribution in [0.2, 0.25) is 0 Å². The summed E-state index contributed by atoms with van der Waals surface area (Å²) >= 11 is 3.47. The van der Waals surface area contributed by atoms with Crippen LogP contribution in [0.25, 0.3) is 11.0 Å². The normalized spacial score (nSPS) is 11.8. The van der Waals surface area contributed by atoms with Crippen LogP contribution in [-0.4, -0.2) is 30.4 Å². The molecule has 2 heterocycles. The van der Waals surface area contributed by atoms with Gasteiger partial charge in [0.05, 0.1) is 22.1 Å². The van der Waals surface area contributed by atoms with Gasteiger partial charge in [-0.3, -0.25) is 9.48 Å². The highest BCUT2D eigenvalue weighted by Gasteiger charge is 2.30. The fourth-order valence-electron chi connectivity index (χ4n) is 3.49. The van der Waals surface area contributed by atoms with Gasteiger partial charge in [-0.1, -0.05) is 28.1 Å². The highest BCUT2D eigenvalue weighted by molar-refractivity contribution is 9.10. The number of benzene rings is 2. The van der Waals surface area contributed by atoms with Crippen LogP contribution in [0.3, 0.4) is 0 Å². The Bertz CT molecular complexity index is 1260. The number of halogens is 1. The summed E-state index contributed by atoms with van der Waals surface area (Å²) in [6, 6.07) is 15.8. The van der Waals surface area contributed by atoms with E-state index in [2.05, 4.69) is 25.6 Å². The lowest BCUT2D eigenvalue weighted by Crippen LogP contribution is -2.27. The van der Waals surface area contributed by atoms with E-state index < -0.39 is 11.4 Å². The van der Waals surface area contributed by atoms with E-state index in [0.29, 0.717) is 25.3 Å². The lowest BCUT2D eigenvalue weighted by atomic mass is 9.89. The molecule has 0 aliphatic rings. The number of rotatable bonds is 8. The third-order valence-electron chi connectivity index (χ3n) is 5.39. The molecule has 0 fully saturated rings. The number of hydrogen-bond donors (Lipinski definition) is 1. The minimum Gasteiger partial charge on any atom is -0.487 e. The highest BCUT2D eigenvalue weighted by atomic mass is 79.9. The molecule has 0 amide bonds. The van der Waals surface area contributed by atoms with Crippen LogP contribution in [0.4, 0.5) is 0 Å². The smallest absolute Gasteiger partial charge is 0.309 e. The van der Waals surface area contributed by atoms with Crippen LogP contribution in [0.5, 0.6) is 5.75 Å². The van der Waals surface area contributed by atoms with Crippen LogP contribution < -0.4 is 4.74 Å². The molecule has 0 bridgehead atoms. The van der Waals surface area contributed by atoms with Gasteiger partial charge in [0.1, 0.15) is 18.2 Å². The van der Waals surface area contributed by atoms with Crippen molar-refractivity contribution in [2.24, 2.45) is 12.5 Å². The van der Waals surface area contributed by atoms with Gasteiger partial charge < -0.3 is 14.4 Å². The first-order chi connectivity index (χ1) is 15.2. The number of fused-ring (bicyclic) bond motifs is 1. The molecule has 166 valence electrons. The Kier molecular flexibility index (Phi) is 6.06. The Morgan fingerprint density at radius 2 is 1.91 bits per heavy atom. The number of imidazole rings is 1. The van der Waals surface area contributed by atoms with Crippen LogP contribution in [0, 0.1) is 5.41 Å². The van der Waals surface area contributed by atoms with E-state index in [1.54, 1.807) is 18.5 Å². The molecule has 2 aromatic heterocycles. The SMILES string of the molecule is Cn1ccc(COc2ccc3nc(CC(C)(C)C(=O)O)n(Cc4ccc(Br)cc4)c3c2)n1. The number of aromatic nitrogens is 4. The zero-order valence-corrected chi connectivity index (χ0v) is 19.8. The van der Waals surface area contributed by atoms with Crippen molar-refractivity contribution in [3.8, 4) is 5.75 Å². The van der Waals surface area contributed by atoms with Crippen molar-refractivity contribution in [1.82, 2.24) is 19.3 Å². The van der Waals surface area contributed by atoms with Crippen LogP contribution >= 0.6 is 15.9 Å². The van der Waals surface area contributed by atoms with E-state index >= 15 is 0 Å². The third kappa shape index (κ3) is 4.85. The first kappa shape index (κ1) is 22.1. The Morgan fingerprint density at radius 1 is 1.16 bits per heavy atom. The number of nitrogens with zero attached hydrogens (tertiary/aromatic N) is 4. The van der Waals surface area contributed by atoms with E-state index in [1.165, 1.54) is 0 Å². The summed E-state index contributed by atoms with van der Waals surface area (Å²) in [6.45, 7) is 4.39. The molecule has 4 rings (SSSR count). The lowest BCUT2D eigenvalue weighted by molar-refractivity contribution is -0.146. The van der Waals surface area contributed by atoms with Crippen LogP contribution in [-0.2, 0) is 31.4 Å². The number of carbonyl (C=O) groups is 1. The number of aliphatic carboxylic acids is 1. The average molecular weight is 497 g/mol. The van der Waals surface area contributed by atoms with Crippen molar-refractivity contribution >= 4 is 32.9 Å².